The molecule has 1 atom stereocenters. The van der Waals surface area contributed by atoms with Crippen LogP contribution in [0.5, 0.6) is 0 Å². The minimum Gasteiger partial charge on any atom is -0.309 e. The maximum atomic E-state index is 12.7. The summed E-state index contributed by atoms with van der Waals surface area (Å²) in [5.74, 6) is 0. The second-order valence-corrected chi connectivity index (χ2v) is 5.20. The van der Waals surface area contributed by atoms with Crippen LogP contribution >= 0.6 is 0 Å². The molecule has 4 heteroatoms. The van der Waals surface area contributed by atoms with Crippen molar-refractivity contribution in [2.75, 3.05) is 7.05 Å². The van der Waals surface area contributed by atoms with Crippen LogP contribution < -0.4 is 5.32 Å². The highest BCUT2D eigenvalue weighted by Crippen LogP contribution is 2.33. The fourth-order valence-electron chi connectivity index (χ4n) is 2.44. The van der Waals surface area contributed by atoms with Crippen LogP contribution in [0.15, 0.2) is 42.5 Å². The Morgan fingerprint density at radius 1 is 0.952 bits per heavy atom. The van der Waals surface area contributed by atoms with Crippen molar-refractivity contribution in [3.05, 3.63) is 70.3 Å². The van der Waals surface area contributed by atoms with Crippen molar-refractivity contribution in [2.24, 2.45) is 0 Å². The van der Waals surface area contributed by atoms with Gasteiger partial charge in [-0.25, -0.2) is 0 Å². The summed E-state index contributed by atoms with van der Waals surface area (Å²) in [5.41, 5.74) is 3.06. The lowest BCUT2D eigenvalue weighted by Gasteiger charge is -2.20. The molecule has 112 valence electrons. The SMILES string of the molecule is CNC(c1ccc(C)cc1)c1ccc(C(F)(F)F)cc1C. The molecule has 2 aromatic carbocycles. The number of benzene rings is 2. The highest BCUT2D eigenvalue weighted by Gasteiger charge is 2.31. The Morgan fingerprint density at radius 2 is 1.57 bits per heavy atom. The number of hydrogen-bond donors (Lipinski definition) is 1. The fraction of sp³-hybridized carbons (Fsp3) is 0.294. The van der Waals surface area contributed by atoms with Gasteiger partial charge in [0.25, 0.3) is 0 Å². The van der Waals surface area contributed by atoms with E-state index in [0.717, 1.165) is 22.8 Å². The molecule has 0 saturated carbocycles. The van der Waals surface area contributed by atoms with Gasteiger partial charge in [0.2, 0.25) is 0 Å². The monoisotopic (exact) mass is 293 g/mol. The minimum absolute atomic E-state index is 0.118. The van der Waals surface area contributed by atoms with Gasteiger partial charge in [-0.2, -0.15) is 13.2 Å². The number of aryl methyl sites for hydroxylation is 2. The van der Waals surface area contributed by atoms with Gasteiger partial charge in [-0.05, 0) is 49.7 Å². The Morgan fingerprint density at radius 3 is 2.05 bits per heavy atom. The molecule has 0 fully saturated rings. The van der Waals surface area contributed by atoms with Crippen LogP contribution in [0.1, 0.15) is 33.9 Å². The standard InChI is InChI=1S/C17H18F3N/c1-11-4-6-13(7-5-11)16(21-3)15-9-8-14(10-12(15)2)17(18,19)20/h4-10,16,21H,1-3H3. The van der Waals surface area contributed by atoms with Gasteiger partial charge in [0, 0.05) is 0 Å². The number of rotatable bonds is 3. The summed E-state index contributed by atoms with van der Waals surface area (Å²) in [6.07, 6.45) is -4.30. The first-order valence-electron chi connectivity index (χ1n) is 6.74. The molecule has 1 nitrogen and oxygen atoms in total. The summed E-state index contributed by atoms with van der Waals surface area (Å²) < 4.78 is 38.2. The normalized spacial score (nSPS) is 13.2. The third-order valence-corrected chi connectivity index (χ3v) is 3.61. The zero-order chi connectivity index (χ0) is 15.6. The molecule has 1 unspecified atom stereocenters. The zero-order valence-electron chi connectivity index (χ0n) is 12.3. The minimum atomic E-state index is -4.30. The van der Waals surface area contributed by atoms with E-state index in [1.807, 2.05) is 38.2 Å². The zero-order valence-corrected chi connectivity index (χ0v) is 12.3. The van der Waals surface area contributed by atoms with Crippen molar-refractivity contribution >= 4 is 0 Å². The Bertz CT molecular complexity index is 615. The molecule has 0 amide bonds. The predicted octanol–water partition coefficient (Wildman–Crippen LogP) is 4.63. The Labute approximate surface area is 122 Å². The number of nitrogens with one attached hydrogen (secondary N) is 1. The van der Waals surface area contributed by atoms with Gasteiger partial charge in [-0.1, -0.05) is 35.9 Å². The van der Waals surface area contributed by atoms with Crippen LogP contribution in [0.4, 0.5) is 13.2 Å². The van der Waals surface area contributed by atoms with Crippen LogP contribution in [0.25, 0.3) is 0 Å². The summed E-state index contributed by atoms with van der Waals surface area (Å²) in [7, 11) is 1.81. The lowest BCUT2D eigenvalue weighted by molar-refractivity contribution is -0.137. The van der Waals surface area contributed by atoms with Gasteiger partial charge in [-0.15, -0.1) is 0 Å². The molecule has 1 N–H and O–H groups in total. The van der Waals surface area contributed by atoms with Crippen LogP contribution in [0, 0.1) is 13.8 Å². The maximum Gasteiger partial charge on any atom is 0.416 e. The number of hydrogen-bond acceptors (Lipinski definition) is 1. The molecule has 0 aromatic heterocycles. The van der Waals surface area contributed by atoms with Crippen LogP contribution in [-0.2, 0) is 6.18 Å². The number of halogens is 3. The third-order valence-electron chi connectivity index (χ3n) is 3.61. The number of alkyl halides is 3. The van der Waals surface area contributed by atoms with Gasteiger partial charge < -0.3 is 5.32 Å². The van der Waals surface area contributed by atoms with Crippen molar-refractivity contribution < 1.29 is 13.2 Å². The maximum absolute atomic E-state index is 12.7. The van der Waals surface area contributed by atoms with E-state index in [1.54, 1.807) is 13.0 Å². The predicted molar refractivity (Wildman–Crippen MR) is 78.3 cm³/mol. The van der Waals surface area contributed by atoms with Crippen molar-refractivity contribution in [2.45, 2.75) is 26.1 Å². The van der Waals surface area contributed by atoms with E-state index in [1.165, 1.54) is 6.07 Å². The van der Waals surface area contributed by atoms with E-state index < -0.39 is 11.7 Å². The topological polar surface area (TPSA) is 12.0 Å². The van der Waals surface area contributed by atoms with Gasteiger partial charge in [-0.3, -0.25) is 0 Å². The van der Waals surface area contributed by atoms with E-state index in [-0.39, 0.29) is 6.04 Å². The van der Waals surface area contributed by atoms with Crippen LogP contribution in [0.3, 0.4) is 0 Å². The van der Waals surface area contributed by atoms with Gasteiger partial charge in [0.15, 0.2) is 0 Å². The van der Waals surface area contributed by atoms with E-state index in [0.29, 0.717) is 5.56 Å². The van der Waals surface area contributed by atoms with E-state index in [4.69, 9.17) is 0 Å². The highest BCUT2D eigenvalue weighted by atomic mass is 19.4. The van der Waals surface area contributed by atoms with E-state index in [9.17, 15) is 13.2 Å². The quantitative estimate of drug-likeness (QED) is 0.870. The van der Waals surface area contributed by atoms with Crippen LogP contribution in [-0.4, -0.2) is 7.05 Å². The lowest BCUT2D eigenvalue weighted by atomic mass is 9.93. The molecule has 0 aliphatic carbocycles. The molecule has 0 radical (unpaired) electrons. The molecule has 21 heavy (non-hydrogen) atoms. The Balaban J connectivity index is 2.41. The molecule has 0 heterocycles. The first-order chi connectivity index (χ1) is 9.82. The largest absolute Gasteiger partial charge is 0.416 e. The average Bonchev–Trinajstić information content (AvgIpc) is 2.42. The fourth-order valence-corrected chi connectivity index (χ4v) is 2.44. The molecular formula is C17H18F3N. The molecular weight excluding hydrogens is 275 g/mol. The molecule has 0 aliphatic rings. The second-order valence-electron chi connectivity index (χ2n) is 5.20. The Hall–Kier alpha value is -1.81. The molecule has 0 spiro atoms. The van der Waals surface area contributed by atoms with Gasteiger partial charge in [0.05, 0.1) is 11.6 Å². The highest BCUT2D eigenvalue weighted by molar-refractivity contribution is 5.40. The summed E-state index contributed by atoms with van der Waals surface area (Å²) in [5, 5.41) is 3.17. The van der Waals surface area contributed by atoms with Gasteiger partial charge >= 0.3 is 6.18 Å². The molecule has 2 rings (SSSR count). The van der Waals surface area contributed by atoms with Crippen molar-refractivity contribution in [3.8, 4) is 0 Å². The first kappa shape index (κ1) is 15.6. The van der Waals surface area contributed by atoms with E-state index in [2.05, 4.69) is 5.32 Å². The van der Waals surface area contributed by atoms with E-state index >= 15 is 0 Å². The van der Waals surface area contributed by atoms with Crippen molar-refractivity contribution in [1.29, 1.82) is 0 Å². The lowest BCUT2D eigenvalue weighted by Crippen LogP contribution is -2.19. The molecule has 0 bridgehead atoms. The summed E-state index contributed by atoms with van der Waals surface area (Å²) in [6, 6.07) is 11.8. The third kappa shape index (κ3) is 3.45. The van der Waals surface area contributed by atoms with Crippen molar-refractivity contribution in [1.82, 2.24) is 5.32 Å². The first-order valence-corrected chi connectivity index (χ1v) is 6.74. The summed E-state index contributed by atoms with van der Waals surface area (Å²) in [6.45, 7) is 3.71. The second kappa shape index (κ2) is 5.90. The molecule has 0 aliphatic heterocycles. The van der Waals surface area contributed by atoms with Crippen LogP contribution in [0.2, 0.25) is 0 Å². The molecule has 2 aromatic rings. The average molecular weight is 293 g/mol. The molecule has 0 saturated heterocycles. The summed E-state index contributed by atoms with van der Waals surface area (Å²) >= 11 is 0. The smallest absolute Gasteiger partial charge is 0.309 e. The van der Waals surface area contributed by atoms with Crippen molar-refractivity contribution in [3.63, 3.8) is 0 Å². The Kier molecular flexibility index (Phi) is 4.37. The summed E-state index contributed by atoms with van der Waals surface area (Å²) in [4.78, 5) is 0. The van der Waals surface area contributed by atoms with Gasteiger partial charge in [0.1, 0.15) is 0 Å².